The number of unbranched alkanes of at least 4 members (excludes halogenated alkanes) is 5. The number of halogens is 2. The summed E-state index contributed by atoms with van der Waals surface area (Å²) in [6.45, 7) is 7.77. The number of esters is 1. The van der Waals surface area contributed by atoms with Gasteiger partial charge in [-0.3, -0.25) is 9.69 Å². The number of aromatic nitrogens is 1. The molecule has 2 aromatic carbocycles. The lowest BCUT2D eigenvalue weighted by Gasteiger charge is -2.36. The Morgan fingerprint density at radius 1 is 0.923 bits per heavy atom. The van der Waals surface area contributed by atoms with E-state index in [4.69, 9.17) is 32.7 Å². The van der Waals surface area contributed by atoms with Gasteiger partial charge in [0.15, 0.2) is 0 Å². The average Bonchev–Trinajstić information content (AvgIpc) is 2.94. The fraction of sp³-hybridized carbons (Fsp3) is 0.484. The Kier molecular flexibility index (Phi) is 11.6. The van der Waals surface area contributed by atoms with E-state index in [0.29, 0.717) is 29.0 Å². The van der Waals surface area contributed by atoms with E-state index in [1.165, 1.54) is 12.8 Å². The first-order valence-corrected chi connectivity index (χ1v) is 14.9. The molecule has 1 fully saturated rings. The zero-order valence-electron chi connectivity index (χ0n) is 22.8. The summed E-state index contributed by atoms with van der Waals surface area (Å²) in [6.07, 6.45) is 7.96. The number of carbonyl (C=O) groups is 1. The maximum Gasteiger partial charge on any atom is 0.312 e. The minimum atomic E-state index is -0.222. The lowest BCUT2D eigenvalue weighted by molar-refractivity contribution is -0.134. The molecule has 1 saturated heterocycles. The molecule has 0 N–H and O–H groups in total. The van der Waals surface area contributed by atoms with E-state index in [1.807, 2.05) is 42.5 Å². The van der Waals surface area contributed by atoms with Crippen LogP contribution in [0.2, 0.25) is 10.0 Å². The van der Waals surface area contributed by atoms with Crippen molar-refractivity contribution >= 4 is 45.8 Å². The van der Waals surface area contributed by atoms with E-state index in [9.17, 15) is 4.79 Å². The summed E-state index contributed by atoms with van der Waals surface area (Å²) in [5.41, 5.74) is 1.78. The monoisotopic (exact) mass is 571 g/mol. The van der Waals surface area contributed by atoms with Crippen LogP contribution in [0.25, 0.3) is 10.9 Å². The number of fused-ring (bicyclic) bond motifs is 1. The molecular formula is C31H39Cl2N3O3. The topological polar surface area (TPSA) is 54.9 Å². The van der Waals surface area contributed by atoms with Gasteiger partial charge in [0.2, 0.25) is 5.88 Å². The van der Waals surface area contributed by atoms with Crippen LogP contribution in [-0.4, -0.2) is 55.2 Å². The highest BCUT2D eigenvalue weighted by Crippen LogP contribution is 2.33. The lowest BCUT2D eigenvalue weighted by Crippen LogP contribution is -2.46. The molecule has 0 saturated carbocycles. The Labute approximate surface area is 242 Å². The summed E-state index contributed by atoms with van der Waals surface area (Å²) in [5, 5.41) is 2.23. The third-order valence-corrected chi connectivity index (χ3v) is 7.93. The van der Waals surface area contributed by atoms with Crippen molar-refractivity contribution < 1.29 is 14.3 Å². The van der Waals surface area contributed by atoms with Crippen LogP contribution in [0.3, 0.4) is 0 Å². The van der Waals surface area contributed by atoms with Crippen molar-refractivity contribution in [2.45, 2.75) is 58.3 Å². The minimum absolute atomic E-state index is 0.222. The number of rotatable bonds is 14. The van der Waals surface area contributed by atoms with Gasteiger partial charge in [0.1, 0.15) is 5.75 Å². The first kappa shape index (κ1) is 29.4. The second kappa shape index (κ2) is 15.3. The van der Waals surface area contributed by atoms with Gasteiger partial charge in [0.05, 0.1) is 27.9 Å². The standard InChI is InChI=1S/C31H39Cl2N3O3/c1-2-3-4-5-6-12-30(37)39-29-16-14-24-13-15-25(23-27(24)34-29)38-22-8-7-17-35-18-20-36(21-19-35)28-11-9-10-26(32)31(28)33/h9-11,13-16,23H,2-8,12,17-22H2,1H3. The van der Waals surface area contributed by atoms with Crippen LogP contribution in [0.1, 0.15) is 58.3 Å². The van der Waals surface area contributed by atoms with Gasteiger partial charge in [-0.05, 0) is 56.1 Å². The van der Waals surface area contributed by atoms with E-state index < -0.39 is 0 Å². The van der Waals surface area contributed by atoms with Gasteiger partial charge in [0, 0.05) is 50.1 Å². The molecule has 0 radical (unpaired) electrons. The van der Waals surface area contributed by atoms with Crippen LogP contribution < -0.4 is 14.4 Å². The van der Waals surface area contributed by atoms with E-state index in [2.05, 4.69) is 21.7 Å². The van der Waals surface area contributed by atoms with Crippen LogP contribution in [0.5, 0.6) is 11.6 Å². The molecule has 39 heavy (non-hydrogen) atoms. The minimum Gasteiger partial charge on any atom is -0.494 e. The molecule has 0 bridgehead atoms. The summed E-state index contributed by atoms with van der Waals surface area (Å²) in [4.78, 5) is 21.5. The maximum atomic E-state index is 12.2. The van der Waals surface area contributed by atoms with E-state index in [1.54, 1.807) is 6.07 Å². The summed E-state index contributed by atoms with van der Waals surface area (Å²) >= 11 is 12.6. The van der Waals surface area contributed by atoms with Crippen molar-refractivity contribution in [1.29, 1.82) is 0 Å². The highest BCUT2D eigenvalue weighted by Gasteiger charge is 2.19. The quantitative estimate of drug-likeness (QED) is 0.145. The molecule has 0 unspecified atom stereocenters. The van der Waals surface area contributed by atoms with Gasteiger partial charge < -0.3 is 14.4 Å². The Morgan fingerprint density at radius 3 is 2.54 bits per heavy atom. The van der Waals surface area contributed by atoms with Crippen molar-refractivity contribution in [3.8, 4) is 11.6 Å². The van der Waals surface area contributed by atoms with Gasteiger partial charge in [-0.1, -0.05) is 61.9 Å². The number of carbonyl (C=O) groups excluding carboxylic acids is 1. The average molecular weight is 573 g/mol. The first-order chi connectivity index (χ1) is 19.0. The number of hydrogen-bond donors (Lipinski definition) is 0. The Morgan fingerprint density at radius 2 is 1.72 bits per heavy atom. The molecule has 6 nitrogen and oxygen atoms in total. The zero-order chi connectivity index (χ0) is 27.5. The Balaban J connectivity index is 1.16. The van der Waals surface area contributed by atoms with Gasteiger partial charge in [-0.2, -0.15) is 0 Å². The van der Waals surface area contributed by atoms with Crippen LogP contribution in [0.15, 0.2) is 48.5 Å². The maximum absolute atomic E-state index is 12.2. The summed E-state index contributed by atoms with van der Waals surface area (Å²) in [5.74, 6) is 0.901. The van der Waals surface area contributed by atoms with Crippen LogP contribution in [0, 0.1) is 0 Å². The molecular weight excluding hydrogens is 533 g/mol. The zero-order valence-corrected chi connectivity index (χ0v) is 24.4. The third kappa shape index (κ3) is 8.99. The molecule has 4 rings (SSSR count). The summed E-state index contributed by atoms with van der Waals surface area (Å²) in [6, 6.07) is 15.4. The van der Waals surface area contributed by atoms with Gasteiger partial charge in [-0.25, -0.2) is 4.98 Å². The van der Waals surface area contributed by atoms with E-state index in [-0.39, 0.29) is 5.97 Å². The van der Waals surface area contributed by atoms with Gasteiger partial charge in [-0.15, -0.1) is 0 Å². The van der Waals surface area contributed by atoms with Crippen molar-refractivity contribution in [3.63, 3.8) is 0 Å². The van der Waals surface area contributed by atoms with Crippen molar-refractivity contribution in [1.82, 2.24) is 9.88 Å². The van der Waals surface area contributed by atoms with E-state index >= 15 is 0 Å². The molecule has 3 aromatic rings. The smallest absolute Gasteiger partial charge is 0.312 e. The molecule has 0 atom stereocenters. The number of ether oxygens (including phenoxy) is 2. The third-order valence-electron chi connectivity index (χ3n) is 7.12. The molecule has 1 aliphatic rings. The molecule has 1 aliphatic heterocycles. The van der Waals surface area contributed by atoms with Crippen molar-refractivity contribution in [2.75, 3.05) is 44.2 Å². The molecule has 0 amide bonds. The van der Waals surface area contributed by atoms with E-state index in [0.717, 1.165) is 87.2 Å². The normalized spacial score (nSPS) is 14.1. The van der Waals surface area contributed by atoms with Gasteiger partial charge in [0.25, 0.3) is 0 Å². The van der Waals surface area contributed by atoms with Crippen LogP contribution in [0.4, 0.5) is 5.69 Å². The Bertz CT molecular complexity index is 1210. The number of nitrogens with zero attached hydrogens (tertiary/aromatic N) is 3. The fourth-order valence-corrected chi connectivity index (χ4v) is 5.26. The summed E-state index contributed by atoms with van der Waals surface area (Å²) < 4.78 is 11.5. The number of anilines is 1. The second-order valence-electron chi connectivity index (χ2n) is 10.1. The number of pyridine rings is 1. The molecule has 210 valence electrons. The molecule has 2 heterocycles. The predicted molar refractivity (Wildman–Crippen MR) is 161 cm³/mol. The molecule has 0 aliphatic carbocycles. The highest BCUT2D eigenvalue weighted by atomic mass is 35.5. The first-order valence-electron chi connectivity index (χ1n) is 14.2. The highest BCUT2D eigenvalue weighted by molar-refractivity contribution is 6.43. The molecule has 8 heteroatoms. The van der Waals surface area contributed by atoms with Gasteiger partial charge >= 0.3 is 5.97 Å². The summed E-state index contributed by atoms with van der Waals surface area (Å²) in [7, 11) is 0. The predicted octanol–water partition coefficient (Wildman–Crippen LogP) is 7.79. The number of piperazine rings is 1. The molecule has 0 spiro atoms. The Hall–Kier alpha value is -2.54. The second-order valence-corrected chi connectivity index (χ2v) is 10.9. The van der Waals surface area contributed by atoms with Crippen molar-refractivity contribution in [2.24, 2.45) is 0 Å². The molecule has 1 aromatic heterocycles. The largest absolute Gasteiger partial charge is 0.494 e. The lowest BCUT2D eigenvalue weighted by atomic mass is 10.1. The van der Waals surface area contributed by atoms with Crippen molar-refractivity contribution in [3.05, 3.63) is 58.6 Å². The number of hydrogen-bond acceptors (Lipinski definition) is 6. The van der Waals surface area contributed by atoms with Crippen LogP contribution >= 0.6 is 23.2 Å². The fourth-order valence-electron chi connectivity index (χ4n) is 4.84. The SMILES string of the molecule is CCCCCCCC(=O)Oc1ccc2ccc(OCCCCN3CCN(c4cccc(Cl)c4Cl)CC3)cc2n1. The number of benzene rings is 2. The van der Waals surface area contributed by atoms with Crippen LogP contribution in [-0.2, 0) is 4.79 Å².